The molecule has 0 spiro atoms. The Hall–Kier alpha value is -3.40. The van der Waals surface area contributed by atoms with Crippen molar-refractivity contribution in [2.75, 3.05) is 0 Å². The fraction of sp³-hybridized carbons (Fsp3) is 0.208. The first-order valence-electron chi connectivity index (χ1n) is 9.60. The van der Waals surface area contributed by atoms with Crippen molar-refractivity contribution in [2.45, 2.75) is 32.3 Å². The van der Waals surface area contributed by atoms with E-state index in [0.717, 1.165) is 37.1 Å². The Morgan fingerprint density at radius 3 is 2.06 bits per heavy atom. The smallest absolute Gasteiger partial charge is 0.429 e. The molecule has 0 amide bonds. The molecule has 0 fully saturated rings. The lowest BCUT2D eigenvalue weighted by Gasteiger charge is -2.19. The van der Waals surface area contributed by atoms with Gasteiger partial charge in [-0.1, -0.05) is 31.5 Å². The van der Waals surface area contributed by atoms with Crippen molar-refractivity contribution in [2.24, 2.45) is 0 Å². The van der Waals surface area contributed by atoms with Gasteiger partial charge < -0.3 is 4.74 Å². The van der Waals surface area contributed by atoms with Crippen LogP contribution in [0.2, 0.25) is 0 Å². The predicted octanol–water partition coefficient (Wildman–Crippen LogP) is 7.11. The van der Waals surface area contributed by atoms with Crippen LogP contribution in [0.3, 0.4) is 0 Å². The maximum absolute atomic E-state index is 14.5. The van der Waals surface area contributed by atoms with Crippen LogP contribution < -0.4 is 4.74 Å². The monoisotopic (exact) mass is 431 g/mol. The van der Waals surface area contributed by atoms with Gasteiger partial charge in [-0.05, 0) is 65.9 Å². The molecule has 3 aromatic rings. The first-order valence-corrected chi connectivity index (χ1v) is 9.60. The summed E-state index contributed by atoms with van der Waals surface area (Å²) in [6.45, 7) is 1.98. The number of unbranched alkanes of at least 4 members (excludes halogenated alkanes) is 1. The lowest BCUT2D eigenvalue weighted by molar-refractivity contribution is -0.187. The van der Waals surface area contributed by atoms with E-state index in [-0.39, 0.29) is 11.3 Å². The van der Waals surface area contributed by atoms with Crippen LogP contribution in [0.25, 0.3) is 11.1 Å². The molecule has 160 valence electrons. The second kappa shape index (κ2) is 9.17. The summed E-state index contributed by atoms with van der Waals surface area (Å²) < 4.78 is 75.6. The Labute approximate surface area is 176 Å². The Morgan fingerprint density at radius 1 is 0.871 bits per heavy atom. The van der Waals surface area contributed by atoms with Crippen LogP contribution in [0.15, 0.2) is 54.6 Å². The highest BCUT2D eigenvalue weighted by molar-refractivity contribution is 5.65. The van der Waals surface area contributed by atoms with E-state index >= 15 is 0 Å². The highest BCUT2D eigenvalue weighted by atomic mass is 19.3. The van der Waals surface area contributed by atoms with Crippen molar-refractivity contribution in [3.8, 4) is 22.9 Å². The van der Waals surface area contributed by atoms with Crippen LogP contribution in [0.1, 0.15) is 36.5 Å². The van der Waals surface area contributed by atoms with Gasteiger partial charge in [-0.15, -0.1) is 0 Å². The number of aryl methyl sites for hydroxylation is 1. The van der Waals surface area contributed by atoms with E-state index in [0.29, 0.717) is 17.5 Å². The second-order valence-electron chi connectivity index (χ2n) is 6.99. The minimum atomic E-state index is -3.92. The van der Waals surface area contributed by atoms with Crippen molar-refractivity contribution in [1.29, 1.82) is 5.26 Å². The maximum Gasteiger partial charge on any atom is 0.429 e. The Morgan fingerprint density at radius 2 is 1.52 bits per heavy atom. The Bertz CT molecular complexity index is 1100. The van der Waals surface area contributed by atoms with Gasteiger partial charge in [0.15, 0.2) is 0 Å². The van der Waals surface area contributed by atoms with Crippen LogP contribution in [0.4, 0.5) is 22.0 Å². The van der Waals surface area contributed by atoms with E-state index in [1.165, 1.54) is 36.4 Å². The SMILES string of the molecule is CCCCc1ccc(C(F)(F)Oc2ccc(-c3cc(F)c(C#N)c(F)c3)cc2)c(F)c1. The van der Waals surface area contributed by atoms with E-state index in [9.17, 15) is 22.0 Å². The largest absolute Gasteiger partial charge is 0.429 e. The molecule has 0 N–H and O–H groups in total. The van der Waals surface area contributed by atoms with E-state index in [4.69, 9.17) is 10.00 Å². The molecule has 3 aromatic carbocycles. The zero-order valence-electron chi connectivity index (χ0n) is 16.6. The van der Waals surface area contributed by atoms with E-state index < -0.39 is 34.7 Å². The number of benzene rings is 3. The summed E-state index contributed by atoms with van der Waals surface area (Å²) in [5.74, 6) is -3.36. The van der Waals surface area contributed by atoms with Gasteiger partial charge >= 0.3 is 6.11 Å². The molecular formula is C24H18F5NO. The summed E-state index contributed by atoms with van der Waals surface area (Å²) >= 11 is 0. The Balaban J connectivity index is 1.80. The molecule has 31 heavy (non-hydrogen) atoms. The first kappa shape index (κ1) is 22.3. The van der Waals surface area contributed by atoms with Crippen LogP contribution in [-0.2, 0) is 12.5 Å². The van der Waals surface area contributed by atoms with Gasteiger partial charge in [-0.25, -0.2) is 13.2 Å². The quantitative estimate of drug-likeness (QED) is 0.373. The van der Waals surface area contributed by atoms with Crippen molar-refractivity contribution < 1.29 is 26.7 Å². The molecule has 0 aliphatic heterocycles. The van der Waals surface area contributed by atoms with Crippen LogP contribution >= 0.6 is 0 Å². The lowest BCUT2D eigenvalue weighted by atomic mass is 10.0. The van der Waals surface area contributed by atoms with Crippen LogP contribution in [0, 0.1) is 28.8 Å². The maximum atomic E-state index is 14.5. The molecule has 0 saturated carbocycles. The third-order valence-electron chi connectivity index (χ3n) is 4.75. The zero-order chi connectivity index (χ0) is 22.6. The standard InChI is InChI=1S/C24H18F5NO/c1-2-3-4-15-5-10-20(23(27)11-15)24(28,29)31-18-8-6-16(7-9-18)17-12-21(25)19(14-30)22(26)13-17/h5-13H,2-4H2,1H3. The third-order valence-corrected chi connectivity index (χ3v) is 4.75. The van der Waals surface area contributed by atoms with Crippen molar-refractivity contribution in [1.82, 2.24) is 0 Å². The highest BCUT2D eigenvalue weighted by Crippen LogP contribution is 2.35. The van der Waals surface area contributed by atoms with E-state index in [2.05, 4.69) is 0 Å². The fourth-order valence-corrected chi connectivity index (χ4v) is 3.10. The molecule has 0 radical (unpaired) electrons. The second-order valence-corrected chi connectivity index (χ2v) is 6.99. The summed E-state index contributed by atoms with van der Waals surface area (Å²) in [5.41, 5.74) is -0.505. The zero-order valence-corrected chi connectivity index (χ0v) is 16.6. The van der Waals surface area contributed by atoms with Gasteiger partial charge in [0.25, 0.3) is 0 Å². The number of ether oxygens (including phenoxy) is 1. The molecule has 3 rings (SSSR count). The minimum absolute atomic E-state index is 0.126. The number of nitriles is 1. The molecule has 0 aliphatic rings. The van der Waals surface area contributed by atoms with Crippen LogP contribution in [-0.4, -0.2) is 0 Å². The van der Waals surface area contributed by atoms with Crippen molar-refractivity contribution >= 4 is 0 Å². The van der Waals surface area contributed by atoms with Gasteiger partial charge in [0, 0.05) is 0 Å². The molecule has 0 saturated heterocycles. The molecule has 0 unspecified atom stereocenters. The predicted molar refractivity (Wildman–Crippen MR) is 106 cm³/mol. The summed E-state index contributed by atoms with van der Waals surface area (Å²) in [7, 11) is 0. The summed E-state index contributed by atoms with van der Waals surface area (Å²) in [5, 5.41) is 8.73. The number of halogens is 5. The fourth-order valence-electron chi connectivity index (χ4n) is 3.10. The van der Waals surface area contributed by atoms with Crippen molar-refractivity contribution in [3.05, 3.63) is 88.7 Å². The minimum Gasteiger partial charge on any atom is -0.429 e. The summed E-state index contributed by atoms with van der Waals surface area (Å²) in [6, 6.07) is 11.9. The molecular weight excluding hydrogens is 413 g/mol. The van der Waals surface area contributed by atoms with Gasteiger partial charge in [0.05, 0.1) is 5.56 Å². The highest BCUT2D eigenvalue weighted by Gasteiger charge is 2.37. The van der Waals surface area contributed by atoms with Crippen LogP contribution in [0.5, 0.6) is 5.75 Å². The number of hydrogen-bond donors (Lipinski definition) is 0. The molecule has 0 aliphatic carbocycles. The molecule has 0 heterocycles. The normalized spacial score (nSPS) is 11.3. The average Bonchev–Trinajstić information content (AvgIpc) is 2.72. The first-order chi connectivity index (χ1) is 14.7. The van der Waals surface area contributed by atoms with Gasteiger partial charge in [0.2, 0.25) is 0 Å². The number of rotatable bonds is 7. The van der Waals surface area contributed by atoms with E-state index in [1.54, 1.807) is 0 Å². The molecule has 2 nitrogen and oxygen atoms in total. The molecule has 0 bridgehead atoms. The lowest BCUT2D eigenvalue weighted by Crippen LogP contribution is -2.23. The summed E-state index contributed by atoms with van der Waals surface area (Å²) in [6.07, 6.45) is -1.59. The number of nitrogens with zero attached hydrogens (tertiary/aromatic N) is 1. The van der Waals surface area contributed by atoms with E-state index in [1.807, 2.05) is 6.92 Å². The topological polar surface area (TPSA) is 33.0 Å². The number of alkyl halides is 2. The third kappa shape index (κ3) is 5.02. The number of hydrogen-bond acceptors (Lipinski definition) is 2. The van der Waals surface area contributed by atoms with Crippen molar-refractivity contribution in [3.63, 3.8) is 0 Å². The average molecular weight is 431 g/mol. The van der Waals surface area contributed by atoms with Gasteiger partial charge in [-0.3, -0.25) is 0 Å². The van der Waals surface area contributed by atoms with Gasteiger partial charge in [0.1, 0.15) is 34.8 Å². The molecule has 0 aromatic heterocycles. The summed E-state index contributed by atoms with van der Waals surface area (Å²) in [4.78, 5) is 0. The molecule has 0 atom stereocenters. The Kier molecular flexibility index (Phi) is 6.59. The molecule has 7 heteroatoms. The van der Waals surface area contributed by atoms with Gasteiger partial charge in [-0.2, -0.15) is 14.0 Å².